The molecule has 0 atom stereocenters. The highest BCUT2D eigenvalue weighted by atomic mass is 16.4. The topological polar surface area (TPSA) is 66.4 Å². The summed E-state index contributed by atoms with van der Waals surface area (Å²) in [7, 11) is 0. The second kappa shape index (κ2) is 5.67. The van der Waals surface area contributed by atoms with E-state index in [-0.39, 0.29) is 12.3 Å². The molecular weight excluding hydrogens is 230 g/mol. The fourth-order valence-corrected chi connectivity index (χ4v) is 1.46. The molecule has 1 aromatic carbocycles. The van der Waals surface area contributed by atoms with E-state index < -0.39 is 11.4 Å². The Kier molecular flexibility index (Phi) is 4.48. The molecule has 0 saturated heterocycles. The zero-order chi connectivity index (χ0) is 13.8. The van der Waals surface area contributed by atoms with Crippen LogP contribution < -0.4 is 5.32 Å². The zero-order valence-corrected chi connectivity index (χ0v) is 11.0. The molecule has 4 nitrogen and oxygen atoms in total. The molecule has 0 aliphatic carbocycles. The number of aryl methyl sites for hydroxylation is 1. The molecule has 0 aliphatic rings. The van der Waals surface area contributed by atoms with Gasteiger partial charge in [0.05, 0.1) is 5.41 Å². The van der Waals surface area contributed by atoms with Crippen LogP contribution in [-0.4, -0.2) is 17.0 Å². The minimum absolute atomic E-state index is 0.154. The van der Waals surface area contributed by atoms with Crippen LogP contribution in [0.2, 0.25) is 0 Å². The molecule has 2 N–H and O–H groups in total. The van der Waals surface area contributed by atoms with Crippen molar-refractivity contribution in [2.24, 2.45) is 5.41 Å². The van der Waals surface area contributed by atoms with Crippen molar-refractivity contribution in [1.82, 2.24) is 0 Å². The predicted molar refractivity (Wildman–Crippen MR) is 70.5 cm³/mol. The summed E-state index contributed by atoms with van der Waals surface area (Å²) < 4.78 is 0. The maximum Gasteiger partial charge on any atom is 0.309 e. The highest BCUT2D eigenvalue weighted by molar-refractivity contribution is 5.91. The van der Waals surface area contributed by atoms with Gasteiger partial charge in [-0.3, -0.25) is 9.59 Å². The van der Waals surface area contributed by atoms with Crippen molar-refractivity contribution < 1.29 is 14.7 Å². The molecule has 0 aromatic heterocycles. The molecular formula is C14H19NO3. The lowest BCUT2D eigenvalue weighted by atomic mass is 9.88. The smallest absolute Gasteiger partial charge is 0.309 e. The third kappa shape index (κ3) is 3.87. The molecule has 0 fully saturated rings. The van der Waals surface area contributed by atoms with Crippen LogP contribution in [0.15, 0.2) is 24.3 Å². The summed E-state index contributed by atoms with van der Waals surface area (Å²) >= 11 is 0. The summed E-state index contributed by atoms with van der Waals surface area (Å²) in [6.07, 6.45) is 0.522. The van der Waals surface area contributed by atoms with E-state index in [1.807, 2.05) is 31.2 Å². The Balaban J connectivity index is 2.54. The lowest BCUT2D eigenvalue weighted by Crippen LogP contribution is -2.25. The van der Waals surface area contributed by atoms with Crippen molar-refractivity contribution in [3.8, 4) is 0 Å². The number of hydrogen-bond donors (Lipinski definition) is 2. The number of carbonyl (C=O) groups excluding carboxylic acids is 1. The molecule has 0 aliphatic heterocycles. The number of carboxylic acid groups (broad SMARTS) is 1. The number of rotatable bonds is 5. The number of aliphatic carboxylic acids is 1. The van der Waals surface area contributed by atoms with Gasteiger partial charge >= 0.3 is 5.97 Å². The molecule has 1 aromatic rings. The van der Waals surface area contributed by atoms with Gasteiger partial charge < -0.3 is 10.4 Å². The fraction of sp³-hybridized carbons (Fsp3) is 0.429. The van der Waals surface area contributed by atoms with E-state index in [4.69, 9.17) is 5.11 Å². The van der Waals surface area contributed by atoms with E-state index in [0.29, 0.717) is 6.42 Å². The highest BCUT2D eigenvalue weighted by Crippen LogP contribution is 2.23. The van der Waals surface area contributed by atoms with Gasteiger partial charge in [0.2, 0.25) is 5.91 Å². The first-order chi connectivity index (χ1) is 8.33. The van der Waals surface area contributed by atoms with Crippen molar-refractivity contribution in [2.45, 2.75) is 33.6 Å². The summed E-state index contributed by atoms with van der Waals surface area (Å²) in [5.41, 5.74) is 0.891. The zero-order valence-electron chi connectivity index (χ0n) is 11.0. The van der Waals surface area contributed by atoms with Crippen LogP contribution in [-0.2, 0) is 9.59 Å². The van der Waals surface area contributed by atoms with Crippen LogP contribution in [0.25, 0.3) is 0 Å². The molecule has 18 heavy (non-hydrogen) atoms. The van der Waals surface area contributed by atoms with E-state index in [1.54, 1.807) is 13.8 Å². The van der Waals surface area contributed by atoms with Crippen LogP contribution >= 0.6 is 0 Å². The van der Waals surface area contributed by atoms with E-state index in [0.717, 1.165) is 11.3 Å². The van der Waals surface area contributed by atoms with E-state index in [1.165, 1.54) is 0 Å². The van der Waals surface area contributed by atoms with Gasteiger partial charge in [0.15, 0.2) is 0 Å². The van der Waals surface area contributed by atoms with Crippen molar-refractivity contribution >= 4 is 17.6 Å². The van der Waals surface area contributed by atoms with Gasteiger partial charge in [-0.1, -0.05) is 18.2 Å². The van der Waals surface area contributed by atoms with Crippen molar-refractivity contribution in [2.75, 3.05) is 5.32 Å². The maximum absolute atomic E-state index is 11.7. The first kappa shape index (κ1) is 14.2. The SMILES string of the molecule is Cc1ccccc1NC(=O)CCC(C)(C)C(=O)O. The minimum Gasteiger partial charge on any atom is -0.481 e. The van der Waals surface area contributed by atoms with Gasteiger partial charge in [0.1, 0.15) is 0 Å². The standard InChI is InChI=1S/C14H19NO3/c1-10-6-4-5-7-11(10)15-12(16)8-9-14(2,3)13(17)18/h4-7H,8-9H2,1-3H3,(H,15,16)(H,17,18). The highest BCUT2D eigenvalue weighted by Gasteiger charge is 2.27. The number of benzene rings is 1. The van der Waals surface area contributed by atoms with Crippen molar-refractivity contribution in [3.63, 3.8) is 0 Å². The second-order valence-corrected chi connectivity index (χ2v) is 5.05. The Labute approximate surface area is 107 Å². The molecule has 0 radical (unpaired) electrons. The maximum atomic E-state index is 11.7. The number of nitrogens with one attached hydrogen (secondary N) is 1. The van der Waals surface area contributed by atoms with Crippen LogP contribution in [0.4, 0.5) is 5.69 Å². The van der Waals surface area contributed by atoms with E-state index in [9.17, 15) is 9.59 Å². The molecule has 1 rings (SSSR count). The molecule has 0 heterocycles. The Morgan fingerprint density at radius 3 is 2.44 bits per heavy atom. The van der Waals surface area contributed by atoms with Crippen molar-refractivity contribution in [1.29, 1.82) is 0 Å². The first-order valence-electron chi connectivity index (χ1n) is 5.92. The lowest BCUT2D eigenvalue weighted by Gasteiger charge is -2.18. The molecule has 0 bridgehead atoms. The minimum atomic E-state index is -0.883. The number of anilines is 1. The Hall–Kier alpha value is -1.84. The molecule has 0 spiro atoms. The monoisotopic (exact) mass is 249 g/mol. The summed E-state index contributed by atoms with van der Waals surface area (Å²) in [5, 5.41) is 11.7. The number of carboxylic acids is 1. The average molecular weight is 249 g/mol. The Morgan fingerprint density at radius 1 is 1.28 bits per heavy atom. The summed E-state index contributed by atoms with van der Waals surface area (Å²) in [5.74, 6) is -1.04. The summed E-state index contributed by atoms with van der Waals surface area (Å²) in [6, 6.07) is 7.49. The van der Waals surface area contributed by atoms with Gasteiger partial charge in [-0.15, -0.1) is 0 Å². The largest absolute Gasteiger partial charge is 0.481 e. The van der Waals surface area contributed by atoms with E-state index >= 15 is 0 Å². The van der Waals surface area contributed by atoms with Gasteiger partial charge in [-0.2, -0.15) is 0 Å². The van der Waals surface area contributed by atoms with Crippen LogP contribution in [0, 0.1) is 12.3 Å². The molecule has 0 saturated carbocycles. The molecule has 0 unspecified atom stereocenters. The molecule has 4 heteroatoms. The molecule has 98 valence electrons. The van der Waals surface area contributed by atoms with Gasteiger partial charge in [0.25, 0.3) is 0 Å². The average Bonchev–Trinajstić information content (AvgIpc) is 2.29. The summed E-state index contributed by atoms with van der Waals surface area (Å²) in [4.78, 5) is 22.6. The Morgan fingerprint density at radius 2 is 1.89 bits per heavy atom. The lowest BCUT2D eigenvalue weighted by molar-refractivity contribution is -0.147. The normalized spacial score (nSPS) is 11.1. The second-order valence-electron chi connectivity index (χ2n) is 5.05. The van der Waals surface area contributed by atoms with Crippen molar-refractivity contribution in [3.05, 3.63) is 29.8 Å². The first-order valence-corrected chi connectivity index (χ1v) is 5.92. The number of amides is 1. The van der Waals surface area contributed by atoms with Gasteiger partial charge in [-0.25, -0.2) is 0 Å². The van der Waals surface area contributed by atoms with Crippen LogP contribution in [0.3, 0.4) is 0 Å². The number of para-hydroxylation sites is 1. The fourth-order valence-electron chi connectivity index (χ4n) is 1.46. The predicted octanol–water partition coefficient (Wildman–Crippen LogP) is 2.82. The van der Waals surface area contributed by atoms with Gasteiger partial charge in [0, 0.05) is 12.1 Å². The Bertz CT molecular complexity index is 452. The quantitative estimate of drug-likeness (QED) is 0.843. The van der Waals surface area contributed by atoms with Crippen LogP contribution in [0.1, 0.15) is 32.3 Å². The van der Waals surface area contributed by atoms with Crippen LogP contribution in [0.5, 0.6) is 0 Å². The van der Waals surface area contributed by atoms with Gasteiger partial charge in [-0.05, 0) is 38.8 Å². The number of hydrogen-bond acceptors (Lipinski definition) is 2. The third-order valence-corrected chi connectivity index (χ3v) is 2.98. The third-order valence-electron chi connectivity index (χ3n) is 2.98. The number of carbonyl (C=O) groups is 2. The summed E-state index contributed by atoms with van der Waals surface area (Å²) in [6.45, 7) is 5.16. The molecule has 1 amide bonds. The van der Waals surface area contributed by atoms with E-state index in [2.05, 4.69) is 5.32 Å².